The Kier molecular flexibility index (Phi) is 6.10. The number of nitrogens with one attached hydrogen (secondary N) is 1. The molecule has 0 aliphatic rings. The Labute approximate surface area is 191 Å². The molecule has 0 spiro atoms. The fourth-order valence-electron chi connectivity index (χ4n) is 3.27. The van der Waals surface area contributed by atoms with Gasteiger partial charge in [0.15, 0.2) is 5.82 Å². The van der Waals surface area contributed by atoms with E-state index in [-0.39, 0.29) is 5.75 Å². The Morgan fingerprint density at radius 3 is 2.30 bits per heavy atom. The van der Waals surface area contributed by atoms with Crippen LogP contribution in [-0.2, 0) is 15.8 Å². The van der Waals surface area contributed by atoms with Crippen LogP contribution < -0.4 is 9.46 Å². The van der Waals surface area contributed by atoms with Crippen molar-refractivity contribution in [2.24, 2.45) is 0 Å². The molecular weight excluding hydrogens is 445 g/mol. The van der Waals surface area contributed by atoms with Crippen molar-refractivity contribution in [1.82, 2.24) is 19.7 Å². The third-order valence-electron chi connectivity index (χ3n) is 4.65. The van der Waals surface area contributed by atoms with Crippen LogP contribution in [0.4, 0.5) is 10.1 Å². The minimum Gasteiger partial charge on any atom is -0.439 e. The van der Waals surface area contributed by atoms with Gasteiger partial charge in [-0.15, -0.1) is 0 Å². The summed E-state index contributed by atoms with van der Waals surface area (Å²) in [5, 5.41) is 4.44. The summed E-state index contributed by atoms with van der Waals surface area (Å²) in [6.07, 6.45) is 0. The maximum atomic E-state index is 13.0. The molecule has 0 radical (unpaired) electrons. The van der Waals surface area contributed by atoms with Crippen molar-refractivity contribution in [2.75, 3.05) is 4.72 Å². The van der Waals surface area contributed by atoms with Crippen molar-refractivity contribution in [1.29, 1.82) is 0 Å². The molecule has 0 bridgehead atoms. The fraction of sp³-hybridized carbons (Fsp3) is 0.174. The Balaban J connectivity index is 1.46. The van der Waals surface area contributed by atoms with Gasteiger partial charge in [0.25, 0.3) is 0 Å². The van der Waals surface area contributed by atoms with E-state index >= 15 is 0 Å². The third-order valence-corrected chi connectivity index (χ3v) is 5.91. The number of sulfonamides is 1. The summed E-state index contributed by atoms with van der Waals surface area (Å²) in [4.78, 5) is 8.74. The number of ether oxygens (including phenoxy) is 1. The van der Waals surface area contributed by atoms with Crippen LogP contribution in [0.15, 0.2) is 60.7 Å². The molecule has 0 saturated heterocycles. The topological polar surface area (TPSA) is 99.0 Å². The van der Waals surface area contributed by atoms with E-state index in [2.05, 4.69) is 19.8 Å². The second kappa shape index (κ2) is 8.99. The average Bonchev–Trinajstić information content (AvgIpc) is 3.08. The van der Waals surface area contributed by atoms with E-state index in [1.165, 1.54) is 24.3 Å². The van der Waals surface area contributed by atoms with Gasteiger partial charge in [0.2, 0.25) is 15.9 Å². The van der Waals surface area contributed by atoms with E-state index in [0.29, 0.717) is 34.5 Å². The largest absolute Gasteiger partial charge is 0.439 e. The molecule has 10 heteroatoms. The molecule has 0 unspecified atom stereocenters. The first-order chi connectivity index (χ1) is 15.7. The molecule has 4 rings (SSSR count). The maximum absolute atomic E-state index is 13.0. The molecule has 170 valence electrons. The van der Waals surface area contributed by atoms with E-state index < -0.39 is 15.8 Å². The zero-order valence-electron chi connectivity index (χ0n) is 18.3. The van der Waals surface area contributed by atoms with Crippen molar-refractivity contribution < 1.29 is 17.5 Å². The Bertz CT molecular complexity index is 1380. The highest BCUT2D eigenvalue weighted by molar-refractivity contribution is 7.91. The summed E-state index contributed by atoms with van der Waals surface area (Å²) >= 11 is 0. The lowest BCUT2D eigenvalue weighted by Gasteiger charge is -2.11. The van der Waals surface area contributed by atoms with Gasteiger partial charge in [-0.05, 0) is 68.8 Å². The molecule has 33 heavy (non-hydrogen) atoms. The number of halogens is 1. The van der Waals surface area contributed by atoms with Crippen LogP contribution in [0.1, 0.15) is 22.8 Å². The van der Waals surface area contributed by atoms with Crippen LogP contribution >= 0.6 is 0 Å². The van der Waals surface area contributed by atoms with Crippen LogP contribution in [0.2, 0.25) is 0 Å². The number of aryl methyl sites for hydroxylation is 3. The smallest absolute Gasteiger partial charge is 0.236 e. The van der Waals surface area contributed by atoms with E-state index in [1.807, 2.05) is 19.9 Å². The molecule has 2 aromatic carbocycles. The quantitative estimate of drug-likeness (QED) is 0.431. The molecule has 0 atom stereocenters. The van der Waals surface area contributed by atoms with Gasteiger partial charge in [-0.1, -0.05) is 12.1 Å². The SMILES string of the molecule is Cc1cc(C)n(-c2cc(Oc3ccc(NS(=O)(=O)Cc4ccc(F)cc4)cc3)nc(C)n2)n1. The monoisotopic (exact) mass is 467 g/mol. The average molecular weight is 468 g/mol. The van der Waals surface area contributed by atoms with Gasteiger partial charge < -0.3 is 4.74 Å². The summed E-state index contributed by atoms with van der Waals surface area (Å²) in [6.45, 7) is 5.61. The van der Waals surface area contributed by atoms with Gasteiger partial charge in [0, 0.05) is 17.4 Å². The molecule has 4 aromatic rings. The number of hydrogen-bond donors (Lipinski definition) is 1. The van der Waals surface area contributed by atoms with Gasteiger partial charge in [-0.25, -0.2) is 22.5 Å². The number of benzene rings is 2. The van der Waals surface area contributed by atoms with Gasteiger partial charge in [0.1, 0.15) is 17.4 Å². The summed E-state index contributed by atoms with van der Waals surface area (Å²) in [7, 11) is -3.66. The van der Waals surface area contributed by atoms with E-state index in [4.69, 9.17) is 4.74 Å². The molecule has 2 heterocycles. The molecule has 2 aromatic heterocycles. The number of nitrogens with zero attached hydrogens (tertiary/aromatic N) is 4. The Morgan fingerprint density at radius 2 is 1.67 bits per heavy atom. The molecule has 0 amide bonds. The molecule has 0 fully saturated rings. The third kappa shape index (κ3) is 5.72. The highest BCUT2D eigenvalue weighted by atomic mass is 32.2. The highest BCUT2D eigenvalue weighted by Gasteiger charge is 2.13. The van der Waals surface area contributed by atoms with Gasteiger partial charge in [0.05, 0.1) is 11.4 Å². The summed E-state index contributed by atoms with van der Waals surface area (Å²) in [5.74, 6) is 1.26. The standard InChI is InChI=1S/C23H22FN5O3S/c1-15-12-16(2)29(27-15)22-13-23(26-17(3)25-22)32-21-10-8-20(9-11-21)28-33(30,31)14-18-4-6-19(24)7-5-18/h4-13,28H,14H2,1-3H3. The predicted octanol–water partition coefficient (Wildman–Crippen LogP) is 4.46. The van der Waals surface area contributed by atoms with Crippen LogP contribution in [0.5, 0.6) is 11.6 Å². The molecule has 1 N–H and O–H groups in total. The first kappa shape index (κ1) is 22.4. The van der Waals surface area contributed by atoms with Gasteiger partial charge in [-0.3, -0.25) is 4.72 Å². The molecule has 0 aliphatic heterocycles. The zero-order valence-corrected chi connectivity index (χ0v) is 19.1. The minimum absolute atomic E-state index is 0.263. The van der Waals surface area contributed by atoms with E-state index in [0.717, 1.165) is 11.4 Å². The lowest BCUT2D eigenvalue weighted by atomic mass is 10.2. The highest BCUT2D eigenvalue weighted by Crippen LogP contribution is 2.24. The second-order valence-corrected chi connectivity index (χ2v) is 9.29. The fourth-order valence-corrected chi connectivity index (χ4v) is 4.47. The number of hydrogen-bond acceptors (Lipinski definition) is 6. The Hall–Kier alpha value is -3.79. The number of rotatable bonds is 7. The summed E-state index contributed by atoms with van der Waals surface area (Å²) in [6, 6.07) is 15.4. The van der Waals surface area contributed by atoms with Gasteiger partial charge >= 0.3 is 0 Å². The van der Waals surface area contributed by atoms with Crippen molar-refractivity contribution >= 4 is 15.7 Å². The normalized spacial score (nSPS) is 11.4. The van der Waals surface area contributed by atoms with Crippen molar-refractivity contribution in [3.63, 3.8) is 0 Å². The molecule has 0 aliphatic carbocycles. The van der Waals surface area contributed by atoms with Crippen molar-refractivity contribution in [3.05, 3.63) is 89.3 Å². The van der Waals surface area contributed by atoms with Crippen LogP contribution in [0, 0.1) is 26.6 Å². The van der Waals surface area contributed by atoms with Gasteiger partial charge in [-0.2, -0.15) is 10.1 Å². The number of aromatic nitrogens is 4. The first-order valence-electron chi connectivity index (χ1n) is 10.1. The number of anilines is 1. The molecule has 8 nitrogen and oxygen atoms in total. The summed E-state index contributed by atoms with van der Waals surface area (Å²) in [5.41, 5.74) is 2.69. The predicted molar refractivity (Wildman–Crippen MR) is 123 cm³/mol. The molecular formula is C23H22FN5O3S. The van der Waals surface area contributed by atoms with Crippen LogP contribution in [-0.4, -0.2) is 28.2 Å². The van der Waals surface area contributed by atoms with E-state index in [1.54, 1.807) is 41.9 Å². The maximum Gasteiger partial charge on any atom is 0.236 e. The minimum atomic E-state index is -3.66. The van der Waals surface area contributed by atoms with E-state index in [9.17, 15) is 12.8 Å². The summed E-state index contributed by atoms with van der Waals surface area (Å²) < 4.78 is 47.9. The lowest BCUT2D eigenvalue weighted by molar-refractivity contribution is 0.459. The first-order valence-corrected chi connectivity index (χ1v) is 11.7. The Morgan fingerprint density at radius 1 is 0.970 bits per heavy atom. The lowest BCUT2D eigenvalue weighted by Crippen LogP contribution is -2.15. The van der Waals surface area contributed by atoms with Crippen molar-refractivity contribution in [3.8, 4) is 17.4 Å². The van der Waals surface area contributed by atoms with Crippen LogP contribution in [0.3, 0.4) is 0 Å². The van der Waals surface area contributed by atoms with Crippen molar-refractivity contribution in [2.45, 2.75) is 26.5 Å². The zero-order chi connectivity index (χ0) is 23.6. The molecule has 0 saturated carbocycles. The second-order valence-electron chi connectivity index (χ2n) is 7.56. The van der Waals surface area contributed by atoms with Crippen LogP contribution in [0.25, 0.3) is 5.82 Å².